The van der Waals surface area contributed by atoms with Gasteiger partial charge in [-0.2, -0.15) is 0 Å². The van der Waals surface area contributed by atoms with Crippen molar-refractivity contribution < 1.29 is 47.5 Å². The second-order valence-corrected chi connectivity index (χ2v) is 29.1. The molecule has 100 heavy (non-hydrogen) atoms. The van der Waals surface area contributed by atoms with Gasteiger partial charge in [0.15, 0.2) is 0 Å². The van der Waals surface area contributed by atoms with Crippen molar-refractivity contribution in [3.05, 3.63) is 168 Å². The van der Waals surface area contributed by atoms with Crippen LogP contribution in [0.1, 0.15) is 115 Å². The lowest BCUT2D eigenvalue weighted by Gasteiger charge is -2.32. The van der Waals surface area contributed by atoms with Crippen molar-refractivity contribution in [2.45, 2.75) is 142 Å². The van der Waals surface area contributed by atoms with Gasteiger partial charge in [0.05, 0.1) is 44.6 Å². The Hall–Kier alpha value is -8.55. The van der Waals surface area contributed by atoms with E-state index in [1.54, 1.807) is 110 Å². The molecule has 528 valence electrons. The van der Waals surface area contributed by atoms with E-state index in [9.17, 15) is 33.6 Å². The zero-order chi connectivity index (χ0) is 72.5. The molecule has 0 saturated heterocycles. The molecule has 0 bridgehead atoms. The first-order valence-electron chi connectivity index (χ1n) is 33.4. The number of nitrogens with zero attached hydrogens (tertiary/aromatic N) is 3. The van der Waals surface area contributed by atoms with Crippen LogP contribution in [0.3, 0.4) is 0 Å². The van der Waals surface area contributed by atoms with Crippen molar-refractivity contribution in [1.82, 2.24) is 46.6 Å². The number of halogens is 4. The van der Waals surface area contributed by atoms with E-state index in [4.69, 9.17) is 34.8 Å². The molecule has 21 nitrogen and oxygen atoms in total. The predicted octanol–water partition coefficient (Wildman–Crippen LogP) is 10.1. The van der Waals surface area contributed by atoms with Crippen LogP contribution >= 0.6 is 46.1 Å². The summed E-state index contributed by atoms with van der Waals surface area (Å²) in [5.41, 5.74) is 5.35. The summed E-state index contributed by atoms with van der Waals surface area (Å²) in [6.07, 6.45) is 3.85. The van der Waals surface area contributed by atoms with Crippen LogP contribution in [0.4, 0.5) is 21.5 Å². The Morgan fingerprint density at radius 3 is 1.53 bits per heavy atom. The minimum atomic E-state index is -1.38. The van der Waals surface area contributed by atoms with Crippen LogP contribution in [0.15, 0.2) is 120 Å². The number of benzene rings is 5. The van der Waals surface area contributed by atoms with Crippen molar-refractivity contribution in [2.75, 3.05) is 43.6 Å². The first-order valence-corrected chi connectivity index (χ1v) is 35.4. The van der Waals surface area contributed by atoms with Crippen molar-refractivity contribution in [3.63, 3.8) is 0 Å². The molecule has 10 unspecified atom stereocenters. The molecule has 4 aliphatic rings. The minimum absolute atomic E-state index is 0.0339. The van der Waals surface area contributed by atoms with Gasteiger partial charge in [0.2, 0.25) is 35.4 Å². The van der Waals surface area contributed by atoms with Gasteiger partial charge in [0.1, 0.15) is 42.1 Å². The van der Waals surface area contributed by atoms with Crippen molar-refractivity contribution in [2.24, 2.45) is 17.8 Å². The second-order valence-electron chi connectivity index (χ2n) is 26.9. The third-order valence-electron chi connectivity index (χ3n) is 19.3. The minimum Gasteiger partial charge on any atom is -0.343 e. The average molecular weight is 1440 g/mol. The Labute approximate surface area is 600 Å². The van der Waals surface area contributed by atoms with Gasteiger partial charge in [0.25, 0.3) is 17.7 Å². The number of anilines is 3. The van der Waals surface area contributed by atoms with Gasteiger partial charge in [-0.3, -0.25) is 43.2 Å². The van der Waals surface area contributed by atoms with Crippen molar-refractivity contribution in [1.29, 1.82) is 0 Å². The zero-order valence-corrected chi connectivity index (χ0v) is 60.7. The second kappa shape index (κ2) is 31.1. The van der Waals surface area contributed by atoms with Crippen LogP contribution in [-0.2, 0) is 56.2 Å². The summed E-state index contributed by atoms with van der Waals surface area (Å²) in [5.74, 6) is -7.12. The molecular formula is C74H84Cl3FN12O9S. The summed E-state index contributed by atoms with van der Waals surface area (Å²) in [6, 6.07) is 17.3. The highest BCUT2D eigenvalue weighted by Crippen LogP contribution is 2.45. The molecule has 9 amide bonds. The molecule has 6 aromatic rings. The normalized spacial score (nSPS) is 18.8. The standard InChI is InChI=1S/C74H84Cl3FN12O9S/c1-35(2)58(83-66(91)38(7)79-10)72(97)88-32-43-16-13-14-17-48(43)63(88)70(95)86-61-52(75)28-44(29-53(61)76)41-20-22-50-46(26-41)34-90(74(99)60(37(5)6)85-68(93)40(9)81-12)65(50)71(96)87-62-54(77)30-45(31-55(62)78)42-21-23-49-47(27-42)33-89(73(98)59(36(3)4)84-67(92)39(8)80-11)64(49)69(94)82-56-18-15-19-57-51(56)24-25-100-57/h13-26,28-31,35-40,42,58-60,63-65,79-81H,27,32-34H2,1-12H3,(H,82,94)(H,83,91)(H,84,92)(H,85,93)(H,86,95)(H,87,96). The van der Waals surface area contributed by atoms with Gasteiger partial charge in [-0.1, -0.05) is 131 Å². The fourth-order valence-electron chi connectivity index (χ4n) is 13.2. The van der Waals surface area contributed by atoms with E-state index in [1.165, 1.54) is 38.2 Å². The van der Waals surface area contributed by atoms with E-state index in [1.807, 2.05) is 69.5 Å². The highest BCUT2D eigenvalue weighted by Gasteiger charge is 2.47. The molecule has 26 heteroatoms. The maximum Gasteiger partial charge on any atom is 0.251 e. The van der Waals surface area contributed by atoms with Crippen LogP contribution in [0, 0.1) is 23.6 Å². The number of allylic oxidation sites excluding steroid dienone is 1. The number of carbonyl (C=O) groups is 9. The lowest BCUT2D eigenvalue weighted by molar-refractivity contribution is -0.143. The summed E-state index contributed by atoms with van der Waals surface area (Å²) in [4.78, 5) is 133. The maximum atomic E-state index is 17.0. The Bertz CT molecular complexity index is 4270. The predicted molar refractivity (Wildman–Crippen MR) is 389 cm³/mol. The highest BCUT2D eigenvalue weighted by atomic mass is 35.5. The van der Waals surface area contributed by atoms with Crippen LogP contribution in [0.2, 0.25) is 15.1 Å². The molecule has 0 radical (unpaired) electrons. The highest BCUT2D eigenvalue weighted by molar-refractivity contribution is 7.17. The SMILES string of the molecule is CNC(C)C(=O)NC(C(=O)N1CC2=C(C=CC(c3cc(F)c(NC(=O)C4c5ccc(-c6cc(Cl)c(NC(=O)C7c8ccccc8CN7C(=O)C(NC(=O)C(C)NC)C(C)C)c(Cl)c6)cc5CN4C(=O)C(NC(=O)C(C)NC)C(C)C)c(Cl)c3)C2)C1C(=O)Nc1cccc2sccc12)C(C)C. The van der Waals surface area contributed by atoms with Gasteiger partial charge in [-0.15, -0.1) is 11.3 Å². The van der Waals surface area contributed by atoms with Gasteiger partial charge >= 0.3 is 0 Å². The van der Waals surface area contributed by atoms with E-state index in [0.29, 0.717) is 44.6 Å². The summed E-state index contributed by atoms with van der Waals surface area (Å²) in [5, 5.41) is 28.7. The molecule has 9 N–H and O–H groups in total. The van der Waals surface area contributed by atoms with Crippen molar-refractivity contribution >= 4 is 126 Å². The summed E-state index contributed by atoms with van der Waals surface area (Å²) in [6.45, 7) is 15.8. The lowest BCUT2D eigenvalue weighted by atomic mass is 9.84. The summed E-state index contributed by atoms with van der Waals surface area (Å²) < 4.78 is 18.0. The molecule has 0 saturated carbocycles. The molecule has 10 rings (SSSR count). The third-order valence-corrected chi connectivity index (χ3v) is 21.1. The van der Waals surface area contributed by atoms with E-state index >= 15 is 14.0 Å². The van der Waals surface area contributed by atoms with Gasteiger partial charge in [0, 0.05) is 41.3 Å². The Balaban J connectivity index is 0.915. The molecular weight excluding hydrogens is 1360 g/mol. The first-order chi connectivity index (χ1) is 47.5. The number of fused-ring (bicyclic) bond motifs is 3. The number of hydrogen-bond donors (Lipinski definition) is 9. The topological polar surface area (TPSA) is 272 Å². The van der Waals surface area contributed by atoms with Crippen LogP contribution < -0.4 is 47.9 Å². The Morgan fingerprint density at radius 2 is 1.00 bits per heavy atom. The number of nitrogens with one attached hydrogen (secondary N) is 9. The largest absolute Gasteiger partial charge is 0.343 e. The fraction of sp³-hybridized carbons (Fsp3) is 0.392. The fourth-order valence-corrected chi connectivity index (χ4v) is 14.8. The number of hydrogen-bond acceptors (Lipinski definition) is 13. The monoisotopic (exact) mass is 1440 g/mol. The van der Waals surface area contributed by atoms with Crippen LogP contribution in [-0.4, -0.2) is 138 Å². The maximum absolute atomic E-state index is 17.0. The number of rotatable bonds is 23. The molecule has 1 aliphatic carbocycles. The van der Waals surface area contributed by atoms with Gasteiger partial charge < -0.3 is 62.6 Å². The third kappa shape index (κ3) is 15.2. The Morgan fingerprint density at radius 1 is 0.510 bits per heavy atom. The van der Waals surface area contributed by atoms with E-state index < -0.39 is 113 Å². The molecule has 10 atom stereocenters. The lowest BCUT2D eigenvalue weighted by Crippen LogP contribution is -2.57. The van der Waals surface area contributed by atoms with E-state index in [-0.39, 0.29) is 76.1 Å². The van der Waals surface area contributed by atoms with Crippen LogP contribution in [0.25, 0.3) is 21.2 Å². The smallest absolute Gasteiger partial charge is 0.251 e. The quantitative estimate of drug-likeness (QED) is 0.0290. The van der Waals surface area contributed by atoms with E-state index in [0.717, 1.165) is 21.2 Å². The molecule has 3 aliphatic heterocycles. The van der Waals surface area contributed by atoms with Gasteiger partial charge in [-0.05, 0) is 170 Å². The summed E-state index contributed by atoms with van der Waals surface area (Å²) in [7, 11) is 4.89. The molecule has 0 fully saturated rings. The number of likely N-dealkylation sites (N-methyl/N-ethyl adjacent to an activating group) is 3. The molecule has 1 aromatic heterocycles. The zero-order valence-electron chi connectivity index (χ0n) is 57.7. The van der Waals surface area contributed by atoms with E-state index in [2.05, 4.69) is 47.9 Å². The number of amides is 9. The summed E-state index contributed by atoms with van der Waals surface area (Å²) >= 11 is 22.6. The van der Waals surface area contributed by atoms with Crippen LogP contribution in [0.5, 0.6) is 0 Å². The Kier molecular flexibility index (Phi) is 23.1. The van der Waals surface area contributed by atoms with Gasteiger partial charge in [-0.25, -0.2) is 4.39 Å². The number of carbonyl (C=O) groups excluding carboxylic acids is 9. The average Bonchev–Trinajstić information content (AvgIpc) is 1.61. The molecule has 0 spiro atoms. The molecule has 4 heterocycles. The molecule has 5 aromatic carbocycles. The first kappa shape index (κ1) is 74.1. The van der Waals surface area contributed by atoms with Crippen molar-refractivity contribution in [3.8, 4) is 11.1 Å². The number of thiophene rings is 1.